The van der Waals surface area contributed by atoms with E-state index in [2.05, 4.69) is 44.0 Å². The number of aromatic nitrogens is 4. The number of hydrogen-bond donors (Lipinski definition) is 1. The number of hydrogen-bond acceptors (Lipinski definition) is 6. The number of nitrogens with one attached hydrogen (secondary N) is 1. The minimum atomic E-state index is 0.399. The van der Waals surface area contributed by atoms with Crippen molar-refractivity contribution in [2.24, 2.45) is 0 Å². The highest BCUT2D eigenvalue weighted by atomic mass is 16.5. The molecule has 2 aliphatic rings. The van der Waals surface area contributed by atoms with E-state index in [0.717, 1.165) is 74.4 Å². The van der Waals surface area contributed by atoms with E-state index in [1.165, 1.54) is 0 Å². The van der Waals surface area contributed by atoms with E-state index in [1.54, 1.807) is 0 Å². The molecule has 2 saturated heterocycles. The predicted molar refractivity (Wildman–Crippen MR) is 99.9 cm³/mol. The molecule has 134 valence electrons. The van der Waals surface area contributed by atoms with Gasteiger partial charge in [-0.1, -0.05) is 18.2 Å². The van der Waals surface area contributed by atoms with Crippen LogP contribution in [0.1, 0.15) is 18.2 Å². The maximum Gasteiger partial charge on any atom is 0.227 e. The van der Waals surface area contributed by atoms with Crippen LogP contribution in [0.15, 0.2) is 36.5 Å². The van der Waals surface area contributed by atoms with Crippen LogP contribution in [0.2, 0.25) is 0 Å². The fourth-order valence-electron chi connectivity index (χ4n) is 3.78. The first-order chi connectivity index (χ1) is 12.9. The minimum absolute atomic E-state index is 0.399. The van der Waals surface area contributed by atoms with E-state index in [-0.39, 0.29) is 0 Å². The van der Waals surface area contributed by atoms with Crippen molar-refractivity contribution in [3.8, 4) is 5.69 Å². The molecule has 1 aromatic carbocycles. The summed E-state index contributed by atoms with van der Waals surface area (Å²) >= 11 is 0. The van der Waals surface area contributed by atoms with E-state index in [0.29, 0.717) is 5.92 Å². The van der Waals surface area contributed by atoms with Gasteiger partial charge in [0.15, 0.2) is 5.65 Å². The second-order valence-corrected chi connectivity index (χ2v) is 6.81. The Morgan fingerprint density at radius 2 is 1.92 bits per heavy atom. The van der Waals surface area contributed by atoms with Gasteiger partial charge in [0.2, 0.25) is 5.95 Å². The normalized spacial score (nSPS) is 20.8. The maximum absolute atomic E-state index is 5.45. The molecule has 2 aromatic heterocycles. The summed E-state index contributed by atoms with van der Waals surface area (Å²) in [5, 5.41) is 3.45. The van der Waals surface area contributed by atoms with Crippen molar-refractivity contribution in [3.63, 3.8) is 0 Å². The third-order valence-corrected chi connectivity index (χ3v) is 5.15. The van der Waals surface area contributed by atoms with Crippen LogP contribution < -0.4 is 10.2 Å². The molecule has 2 fully saturated rings. The average Bonchev–Trinajstić information content (AvgIpc) is 3.36. The Labute approximate surface area is 152 Å². The zero-order chi connectivity index (χ0) is 17.3. The Bertz CT molecular complexity index is 897. The zero-order valence-corrected chi connectivity index (χ0v) is 14.6. The molecule has 0 aliphatic carbocycles. The monoisotopic (exact) mass is 350 g/mol. The Morgan fingerprint density at radius 3 is 2.69 bits per heavy atom. The van der Waals surface area contributed by atoms with E-state index in [4.69, 9.17) is 14.7 Å². The van der Waals surface area contributed by atoms with E-state index in [1.807, 2.05) is 12.3 Å². The third-order valence-electron chi connectivity index (χ3n) is 5.15. The number of nitrogens with zero attached hydrogens (tertiary/aromatic N) is 5. The SMILES string of the molecule is c1ccc(-n2c(C3CCNC3)nc3cnc(N4CCOCC4)nc32)cc1. The summed E-state index contributed by atoms with van der Waals surface area (Å²) in [5.41, 5.74) is 2.84. The smallest absolute Gasteiger partial charge is 0.227 e. The van der Waals surface area contributed by atoms with Crippen LogP contribution >= 0.6 is 0 Å². The number of benzene rings is 1. The zero-order valence-electron chi connectivity index (χ0n) is 14.6. The van der Waals surface area contributed by atoms with E-state index >= 15 is 0 Å². The molecule has 1 N–H and O–H groups in total. The fourth-order valence-corrected chi connectivity index (χ4v) is 3.78. The molecule has 0 saturated carbocycles. The van der Waals surface area contributed by atoms with Crippen LogP contribution in [0.5, 0.6) is 0 Å². The standard InChI is InChI=1S/C19H22N6O/c1-2-4-15(5-3-1)25-17(14-6-7-20-12-14)22-16-13-21-19(23-18(16)25)24-8-10-26-11-9-24/h1-5,13-14,20H,6-12H2. The molecule has 1 atom stereocenters. The van der Waals surface area contributed by atoms with Crippen molar-refractivity contribution in [1.82, 2.24) is 24.8 Å². The molecule has 0 spiro atoms. The summed E-state index contributed by atoms with van der Waals surface area (Å²) in [6.45, 7) is 5.08. The van der Waals surface area contributed by atoms with Gasteiger partial charge in [0.1, 0.15) is 11.3 Å². The third kappa shape index (κ3) is 2.73. The van der Waals surface area contributed by atoms with Crippen LogP contribution in [-0.4, -0.2) is 58.9 Å². The van der Waals surface area contributed by atoms with Gasteiger partial charge in [-0.05, 0) is 25.1 Å². The molecule has 7 nitrogen and oxygen atoms in total. The Hall–Kier alpha value is -2.51. The summed E-state index contributed by atoms with van der Waals surface area (Å²) in [5.74, 6) is 2.23. The quantitative estimate of drug-likeness (QED) is 0.776. The molecule has 1 unspecified atom stereocenters. The highest BCUT2D eigenvalue weighted by molar-refractivity contribution is 5.75. The van der Waals surface area contributed by atoms with Gasteiger partial charge in [0, 0.05) is 31.2 Å². The lowest BCUT2D eigenvalue weighted by Crippen LogP contribution is -2.37. The molecule has 7 heteroatoms. The first-order valence-electron chi connectivity index (χ1n) is 9.24. The highest BCUT2D eigenvalue weighted by Gasteiger charge is 2.26. The minimum Gasteiger partial charge on any atom is -0.378 e. The Balaban J connectivity index is 1.66. The Morgan fingerprint density at radius 1 is 1.08 bits per heavy atom. The maximum atomic E-state index is 5.45. The number of ether oxygens (including phenoxy) is 1. The van der Waals surface area contributed by atoms with Gasteiger partial charge in [0.05, 0.1) is 19.4 Å². The van der Waals surface area contributed by atoms with Crippen molar-refractivity contribution >= 4 is 17.1 Å². The van der Waals surface area contributed by atoms with Crippen molar-refractivity contribution in [1.29, 1.82) is 0 Å². The molecule has 0 bridgehead atoms. The molecule has 2 aliphatic heterocycles. The average molecular weight is 350 g/mol. The molecule has 3 aromatic rings. The van der Waals surface area contributed by atoms with Crippen LogP contribution in [0.4, 0.5) is 5.95 Å². The first-order valence-corrected chi connectivity index (χ1v) is 9.24. The summed E-state index contributed by atoms with van der Waals surface area (Å²) < 4.78 is 7.66. The van der Waals surface area contributed by atoms with Gasteiger partial charge in [-0.15, -0.1) is 0 Å². The molecular formula is C19H22N6O. The van der Waals surface area contributed by atoms with Gasteiger partial charge in [0.25, 0.3) is 0 Å². The van der Waals surface area contributed by atoms with Crippen LogP contribution in [0.3, 0.4) is 0 Å². The molecule has 0 amide bonds. The highest BCUT2D eigenvalue weighted by Crippen LogP contribution is 2.29. The first kappa shape index (κ1) is 15.7. The molecule has 0 radical (unpaired) electrons. The number of morpholine rings is 1. The lowest BCUT2D eigenvalue weighted by molar-refractivity contribution is 0.122. The summed E-state index contributed by atoms with van der Waals surface area (Å²) in [6.07, 6.45) is 2.96. The van der Waals surface area contributed by atoms with Gasteiger partial charge >= 0.3 is 0 Å². The lowest BCUT2D eigenvalue weighted by atomic mass is 10.1. The summed E-state index contributed by atoms with van der Waals surface area (Å²) in [4.78, 5) is 16.6. The fraction of sp³-hybridized carbons (Fsp3) is 0.421. The van der Waals surface area contributed by atoms with Crippen molar-refractivity contribution < 1.29 is 4.74 Å². The lowest BCUT2D eigenvalue weighted by Gasteiger charge is -2.26. The molecule has 4 heterocycles. The van der Waals surface area contributed by atoms with Crippen LogP contribution in [-0.2, 0) is 4.74 Å². The summed E-state index contributed by atoms with van der Waals surface area (Å²) in [7, 11) is 0. The number of rotatable bonds is 3. The molecule has 5 rings (SSSR count). The van der Waals surface area contributed by atoms with Crippen molar-refractivity contribution in [2.75, 3.05) is 44.3 Å². The van der Waals surface area contributed by atoms with Crippen LogP contribution in [0, 0.1) is 0 Å². The Kier molecular flexibility index (Phi) is 4.03. The number of anilines is 1. The summed E-state index contributed by atoms with van der Waals surface area (Å²) in [6, 6.07) is 10.4. The molecule has 26 heavy (non-hydrogen) atoms. The van der Waals surface area contributed by atoms with Crippen molar-refractivity contribution in [2.45, 2.75) is 12.3 Å². The number of imidazole rings is 1. The second kappa shape index (κ2) is 6.66. The topological polar surface area (TPSA) is 68.1 Å². The van der Waals surface area contributed by atoms with Crippen LogP contribution in [0.25, 0.3) is 16.9 Å². The number of fused-ring (bicyclic) bond motifs is 1. The van der Waals surface area contributed by atoms with Gasteiger partial charge in [-0.25, -0.2) is 9.97 Å². The van der Waals surface area contributed by atoms with Gasteiger partial charge < -0.3 is 15.0 Å². The second-order valence-electron chi connectivity index (χ2n) is 6.81. The van der Waals surface area contributed by atoms with Gasteiger partial charge in [-0.2, -0.15) is 4.98 Å². The number of para-hydroxylation sites is 1. The van der Waals surface area contributed by atoms with Crippen molar-refractivity contribution in [3.05, 3.63) is 42.4 Å². The van der Waals surface area contributed by atoms with E-state index < -0.39 is 0 Å². The van der Waals surface area contributed by atoms with E-state index in [9.17, 15) is 0 Å². The van der Waals surface area contributed by atoms with Gasteiger partial charge in [-0.3, -0.25) is 4.57 Å². The largest absolute Gasteiger partial charge is 0.378 e. The molecular weight excluding hydrogens is 328 g/mol. The predicted octanol–water partition coefficient (Wildman–Crippen LogP) is 1.73.